The number of fused-ring (bicyclic) bond motifs is 1. The van der Waals surface area contributed by atoms with Crippen LogP contribution in [-0.4, -0.2) is 42.0 Å². The SMILES string of the molecule is CNC(C)C(=O)Nc1ccc2c(n1)CN(C)C(=O)N2c1ccc(Cl)cc1.Cl. The van der Waals surface area contributed by atoms with Crippen molar-refractivity contribution in [3.8, 4) is 0 Å². The molecule has 1 unspecified atom stereocenters. The van der Waals surface area contributed by atoms with E-state index in [-0.39, 0.29) is 30.4 Å². The number of nitrogens with one attached hydrogen (secondary N) is 2. The summed E-state index contributed by atoms with van der Waals surface area (Å²) in [5.74, 6) is 0.282. The summed E-state index contributed by atoms with van der Waals surface area (Å²) in [4.78, 5) is 32.4. The molecule has 2 N–H and O–H groups in total. The second-order valence-electron chi connectivity index (χ2n) is 6.11. The highest BCUT2D eigenvalue weighted by atomic mass is 35.5. The largest absolute Gasteiger partial charge is 0.329 e. The number of carbonyl (C=O) groups is 2. The van der Waals surface area contributed by atoms with Gasteiger partial charge in [-0.05, 0) is 50.4 Å². The molecule has 1 aromatic carbocycles. The molecule has 0 spiro atoms. The number of rotatable bonds is 4. The van der Waals surface area contributed by atoms with E-state index in [0.717, 1.165) is 0 Å². The Morgan fingerprint density at radius 2 is 1.89 bits per heavy atom. The van der Waals surface area contributed by atoms with E-state index in [9.17, 15) is 9.59 Å². The molecule has 7 nitrogen and oxygen atoms in total. The number of benzene rings is 1. The van der Waals surface area contributed by atoms with Crippen molar-refractivity contribution in [3.05, 3.63) is 47.1 Å². The van der Waals surface area contributed by atoms with Gasteiger partial charge in [0.15, 0.2) is 0 Å². The maximum Gasteiger partial charge on any atom is 0.329 e. The lowest BCUT2D eigenvalue weighted by molar-refractivity contribution is -0.117. The van der Waals surface area contributed by atoms with E-state index in [0.29, 0.717) is 34.5 Å². The van der Waals surface area contributed by atoms with Crippen LogP contribution < -0.4 is 15.5 Å². The summed E-state index contributed by atoms with van der Waals surface area (Å²) in [6, 6.07) is 10.0. The molecule has 2 aromatic rings. The average molecular weight is 410 g/mol. The fourth-order valence-corrected chi connectivity index (χ4v) is 2.78. The highest BCUT2D eigenvalue weighted by molar-refractivity contribution is 6.30. The molecule has 0 bridgehead atoms. The van der Waals surface area contributed by atoms with E-state index >= 15 is 0 Å². The number of aromatic nitrogens is 1. The number of hydrogen-bond donors (Lipinski definition) is 2. The zero-order chi connectivity index (χ0) is 18.8. The summed E-state index contributed by atoms with van der Waals surface area (Å²) < 4.78 is 0. The van der Waals surface area contributed by atoms with Gasteiger partial charge in [0.05, 0.1) is 29.7 Å². The maximum atomic E-state index is 12.7. The molecular weight excluding hydrogens is 389 g/mol. The van der Waals surface area contributed by atoms with Crippen molar-refractivity contribution < 1.29 is 9.59 Å². The van der Waals surface area contributed by atoms with Gasteiger partial charge in [-0.25, -0.2) is 9.78 Å². The Morgan fingerprint density at radius 3 is 2.52 bits per heavy atom. The minimum atomic E-state index is -0.331. The lowest BCUT2D eigenvalue weighted by atomic mass is 10.1. The number of anilines is 3. The van der Waals surface area contributed by atoms with E-state index in [2.05, 4.69) is 15.6 Å². The predicted octanol–water partition coefficient (Wildman–Crippen LogP) is 3.41. The van der Waals surface area contributed by atoms with Crippen LogP contribution in [0.1, 0.15) is 12.6 Å². The number of carbonyl (C=O) groups excluding carboxylic acids is 2. The topological polar surface area (TPSA) is 77.6 Å². The first-order valence-corrected chi connectivity index (χ1v) is 8.57. The monoisotopic (exact) mass is 409 g/mol. The molecule has 27 heavy (non-hydrogen) atoms. The first kappa shape index (κ1) is 21.0. The molecule has 1 aromatic heterocycles. The van der Waals surface area contributed by atoms with Crippen LogP contribution >= 0.6 is 24.0 Å². The van der Waals surface area contributed by atoms with Gasteiger partial charge < -0.3 is 15.5 Å². The van der Waals surface area contributed by atoms with Crippen molar-refractivity contribution >= 4 is 53.1 Å². The average Bonchev–Trinajstić information content (AvgIpc) is 2.63. The van der Waals surface area contributed by atoms with Gasteiger partial charge in [0.1, 0.15) is 5.82 Å². The van der Waals surface area contributed by atoms with E-state index in [1.54, 1.807) is 67.2 Å². The Hall–Kier alpha value is -2.35. The molecule has 1 aliphatic rings. The summed E-state index contributed by atoms with van der Waals surface area (Å²) in [5.41, 5.74) is 2.10. The maximum absolute atomic E-state index is 12.7. The number of likely N-dealkylation sites (N-methyl/N-ethyl adjacent to an activating group) is 1. The molecule has 3 amide bonds. The third-order valence-corrected chi connectivity index (χ3v) is 4.51. The molecule has 144 valence electrons. The van der Waals surface area contributed by atoms with Crippen LogP contribution in [0.5, 0.6) is 0 Å². The molecule has 1 aliphatic heterocycles. The predicted molar refractivity (Wildman–Crippen MR) is 109 cm³/mol. The zero-order valence-corrected chi connectivity index (χ0v) is 16.8. The van der Waals surface area contributed by atoms with Crippen molar-refractivity contribution in [2.45, 2.75) is 19.5 Å². The van der Waals surface area contributed by atoms with Crippen molar-refractivity contribution in [2.24, 2.45) is 0 Å². The molecule has 0 saturated carbocycles. The highest BCUT2D eigenvalue weighted by Crippen LogP contribution is 2.34. The van der Waals surface area contributed by atoms with Gasteiger partial charge >= 0.3 is 6.03 Å². The smallest absolute Gasteiger partial charge is 0.321 e. The van der Waals surface area contributed by atoms with E-state index < -0.39 is 0 Å². The zero-order valence-electron chi connectivity index (χ0n) is 15.2. The molecule has 0 radical (unpaired) electrons. The van der Waals surface area contributed by atoms with E-state index in [1.165, 1.54) is 0 Å². The Kier molecular flexibility index (Phi) is 6.64. The highest BCUT2D eigenvalue weighted by Gasteiger charge is 2.30. The van der Waals surface area contributed by atoms with Crippen LogP contribution in [-0.2, 0) is 11.3 Å². The van der Waals surface area contributed by atoms with E-state index in [4.69, 9.17) is 11.6 Å². The van der Waals surface area contributed by atoms with Crippen molar-refractivity contribution in [3.63, 3.8) is 0 Å². The number of urea groups is 1. The molecule has 0 saturated heterocycles. The standard InChI is InChI=1S/C18H20ClN5O2.ClH/c1-11(20-2)17(25)22-16-9-8-15-14(21-16)10-23(3)18(26)24(15)13-6-4-12(19)5-7-13;/h4-9,11,20H,10H2,1-3H3,(H,21,22,25);1H. The molecular formula is C18H21Cl2N5O2. The van der Waals surface area contributed by atoms with Gasteiger partial charge in [0.2, 0.25) is 5.91 Å². The van der Waals surface area contributed by atoms with Crippen LogP contribution in [0.3, 0.4) is 0 Å². The fourth-order valence-electron chi connectivity index (χ4n) is 2.65. The van der Waals surface area contributed by atoms with Gasteiger partial charge in [-0.3, -0.25) is 9.69 Å². The number of halogens is 2. The summed E-state index contributed by atoms with van der Waals surface area (Å²) in [6.45, 7) is 2.13. The lowest BCUT2D eigenvalue weighted by Gasteiger charge is -2.34. The fraction of sp³-hybridized carbons (Fsp3) is 0.278. The minimum Gasteiger partial charge on any atom is -0.321 e. The first-order valence-electron chi connectivity index (χ1n) is 8.19. The van der Waals surface area contributed by atoms with Crippen molar-refractivity contribution in [1.29, 1.82) is 0 Å². The van der Waals surface area contributed by atoms with Gasteiger partial charge in [-0.15, -0.1) is 12.4 Å². The lowest BCUT2D eigenvalue weighted by Crippen LogP contribution is -2.43. The van der Waals surface area contributed by atoms with Crippen LogP contribution in [0.2, 0.25) is 5.02 Å². The number of nitrogens with zero attached hydrogens (tertiary/aromatic N) is 3. The van der Waals surface area contributed by atoms with Gasteiger partial charge in [0, 0.05) is 12.1 Å². The van der Waals surface area contributed by atoms with Crippen LogP contribution in [0, 0.1) is 0 Å². The third-order valence-electron chi connectivity index (χ3n) is 4.26. The summed E-state index contributed by atoms with van der Waals surface area (Å²) in [5, 5.41) is 6.26. The summed E-state index contributed by atoms with van der Waals surface area (Å²) >= 11 is 5.95. The summed E-state index contributed by atoms with van der Waals surface area (Å²) in [6.07, 6.45) is 0. The Bertz CT molecular complexity index is 844. The number of hydrogen-bond acceptors (Lipinski definition) is 4. The van der Waals surface area contributed by atoms with Gasteiger partial charge in [-0.1, -0.05) is 11.6 Å². The number of pyridine rings is 1. The second-order valence-corrected chi connectivity index (χ2v) is 6.55. The molecule has 2 heterocycles. The summed E-state index contributed by atoms with van der Waals surface area (Å²) in [7, 11) is 3.43. The Morgan fingerprint density at radius 1 is 1.22 bits per heavy atom. The third kappa shape index (κ3) is 4.32. The normalized spacial score (nSPS) is 14.3. The van der Waals surface area contributed by atoms with Gasteiger partial charge in [-0.2, -0.15) is 0 Å². The quantitative estimate of drug-likeness (QED) is 0.810. The Balaban J connectivity index is 0.00000261. The van der Waals surface area contributed by atoms with Crippen molar-refractivity contribution in [1.82, 2.24) is 15.2 Å². The molecule has 9 heteroatoms. The molecule has 0 fully saturated rings. The van der Waals surface area contributed by atoms with Crippen molar-refractivity contribution in [2.75, 3.05) is 24.3 Å². The first-order chi connectivity index (χ1) is 12.4. The van der Waals surface area contributed by atoms with Crippen LogP contribution in [0.15, 0.2) is 36.4 Å². The second kappa shape index (κ2) is 8.56. The van der Waals surface area contributed by atoms with E-state index in [1.807, 2.05) is 0 Å². The molecule has 0 aliphatic carbocycles. The van der Waals surface area contributed by atoms with Crippen LogP contribution in [0.4, 0.5) is 22.0 Å². The number of amides is 3. The van der Waals surface area contributed by atoms with Crippen LogP contribution in [0.25, 0.3) is 0 Å². The Labute approximate surface area is 169 Å². The molecule has 1 atom stereocenters. The van der Waals surface area contributed by atoms with Gasteiger partial charge in [0.25, 0.3) is 0 Å². The minimum absolute atomic E-state index is 0. The molecule has 3 rings (SSSR count).